The molecule has 1 unspecified atom stereocenters. The molecule has 0 aromatic rings. The van der Waals surface area contributed by atoms with Crippen LogP contribution in [0.3, 0.4) is 0 Å². The summed E-state index contributed by atoms with van der Waals surface area (Å²) in [5.41, 5.74) is 4.53. The van der Waals surface area contributed by atoms with Crippen molar-refractivity contribution < 1.29 is 19.1 Å². The van der Waals surface area contributed by atoms with Crippen molar-refractivity contribution in [2.45, 2.75) is 25.8 Å². The second kappa shape index (κ2) is 4.95. The Morgan fingerprint density at radius 2 is 1.86 bits per heavy atom. The van der Waals surface area contributed by atoms with E-state index < -0.39 is 17.4 Å². The Labute approximate surface area is 83.5 Å². The summed E-state index contributed by atoms with van der Waals surface area (Å²) in [7, 11) is 2.56. The lowest BCUT2D eigenvalue weighted by Gasteiger charge is -2.23. The first-order chi connectivity index (χ1) is 6.35. The van der Waals surface area contributed by atoms with Crippen LogP contribution in [0.15, 0.2) is 0 Å². The molecule has 0 saturated heterocycles. The summed E-state index contributed by atoms with van der Waals surface area (Å²) in [5, 5.41) is 0. The van der Waals surface area contributed by atoms with Gasteiger partial charge < -0.3 is 15.2 Å². The molecule has 2 atom stereocenters. The van der Waals surface area contributed by atoms with Gasteiger partial charge in [0.05, 0.1) is 20.1 Å². The van der Waals surface area contributed by atoms with E-state index in [1.807, 2.05) is 0 Å². The lowest BCUT2D eigenvalue weighted by Crippen LogP contribution is -2.47. The predicted octanol–water partition coefficient (Wildman–Crippen LogP) is 0.0760. The van der Waals surface area contributed by atoms with Crippen molar-refractivity contribution >= 4 is 11.9 Å². The first-order valence-electron chi connectivity index (χ1n) is 4.30. The van der Waals surface area contributed by atoms with Gasteiger partial charge in [0.25, 0.3) is 0 Å². The SMILES string of the molecule is COC(=O)C(C)C[C@](C)(N)C(=O)OC. The van der Waals surface area contributed by atoms with Crippen molar-refractivity contribution in [3.05, 3.63) is 0 Å². The first-order valence-corrected chi connectivity index (χ1v) is 4.30. The molecule has 82 valence electrons. The van der Waals surface area contributed by atoms with Crippen molar-refractivity contribution in [1.82, 2.24) is 0 Å². The van der Waals surface area contributed by atoms with Crippen LogP contribution in [0.4, 0.5) is 0 Å². The molecule has 0 heterocycles. The molecule has 2 N–H and O–H groups in total. The van der Waals surface area contributed by atoms with Crippen LogP contribution in [0, 0.1) is 5.92 Å². The number of methoxy groups -OCH3 is 2. The zero-order valence-electron chi connectivity index (χ0n) is 8.99. The molecule has 0 aliphatic heterocycles. The quantitative estimate of drug-likeness (QED) is 0.654. The molecular weight excluding hydrogens is 186 g/mol. The van der Waals surface area contributed by atoms with E-state index in [-0.39, 0.29) is 12.4 Å². The van der Waals surface area contributed by atoms with Crippen LogP contribution in [0.25, 0.3) is 0 Å². The minimum absolute atomic E-state index is 0.201. The van der Waals surface area contributed by atoms with E-state index in [4.69, 9.17) is 5.73 Å². The summed E-state index contributed by atoms with van der Waals surface area (Å²) in [6.45, 7) is 3.18. The van der Waals surface area contributed by atoms with E-state index in [0.717, 1.165) is 0 Å². The largest absolute Gasteiger partial charge is 0.469 e. The second-order valence-corrected chi connectivity index (χ2v) is 3.54. The van der Waals surface area contributed by atoms with Crippen molar-refractivity contribution in [3.63, 3.8) is 0 Å². The van der Waals surface area contributed by atoms with Crippen LogP contribution >= 0.6 is 0 Å². The molecule has 0 saturated carbocycles. The maximum Gasteiger partial charge on any atom is 0.325 e. The average molecular weight is 203 g/mol. The summed E-state index contributed by atoms with van der Waals surface area (Å²) in [6, 6.07) is 0. The molecule has 0 bridgehead atoms. The van der Waals surface area contributed by atoms with Gasteiger partial charge in [0.1, 0.15) is 5.54 Å². The standard InChI is InChI=1S/C9H17NO4/c1-6(7(11)13-3)5-9(2,10)8(12)14-4/h6H,5,10H2,1-4H3/t6?,9-/m0/s1. The van der Waals surface area contributed by atoms with Gasteiger partial charge in [0.2, 0.25) is 0 Å². The minimum Gasteiger partial charge on any atom is -0.469 e. The zero-order valence-corrected chi connectivity index (χ0v) is 8.99. The number of esters is 2. The van der Waals surface area contributed by atoms with Crippen LogP contribution in [0.5, 0.6) is 0 Å². The fourth-order valence-corrected chi connectivity index (χ4v) is 1.24. The van der Waals surface area contributed by atoms with Crippen LogP contribution < -0.4 is 5.73 Å². The van der Waals surface area contributed by atoms with Crippen LogP contribution in [0.2, 0.25) is 0 Å². The Morgan fingerprint density at radius 1 is 1.36 bits per heavy atom. The van der Waals surface area contributed by atoms with Gasteiger partial charge in [-0.2, -0.15) is 0 Å². The predicted molar refractivity (Wildman–Crippen MR) is 50.4 cm³/mol. The third-order valence-electron chi connectivity index (χ3n) is 1.99. The van der Waals surface area contributed by atoms with E-state index in [0.29, 0.717) is 0 Å². The highest BCUT2D eigenvalue weighted by atomic mass is 16.5. The van der Waals surface area contributed by atoms with Gasteiger partial charge in [-0.05, 0) is 13.3 Å². The van der Waals surface area contributed by atoms with Crippen molar-refractivity contribution in [2.24, 2.45) is 11.7 Å². The Hall–Kier alpha value is -1.10. The lowest BCUT2D eigenvalue weighted by atomic mass is 9.91. The first kappa shape index (κ1) is 12.9. The third-order valence-corrected chi connectivity index (χ3v) is 1.99. The Balaban J connectivity index is 4.35. The molecular formula is C9H17NO4. The van der Waals surface area contributed by atoms with E-state index in [1.54, 1.807) is 6.92 Å². The Bertz CT molecular complexity index is 225. The molecule has 0 fully saturated rings. The molecule has 0 aliphatic carbocycles. The molecule has 5 heteroatoms. The maximum atomic E-state index is 11.2. The van der Waals surface area contributed by atoms with Crippen molar-refractivity contribution in [1.29, 1.82) is 0 Å². The second-order valence-electron chi connectivity index (χ2n) is 3.54. The monoisotopic (exact) mass is 203 g/mol. The molecule has 0 radical (unpaired) electrons. The number of rotatable bonds is 4. The molecule has 0 aliphatic rings. The number of carbonyl (C=O) groups is 2. The van der Waals surface area contributed by atoms with Crippen LogP contribution in [-0.2, 0) is 19.1 Å². The van der Waals surface area contributed by atoms with Crippen LogP contribution in [0.1, 0.15) is 20.3 Å². The van der Waals surface area contributed by atoms with E-state index >= 15 is 0 Å². The highest BCUT2D eigenvalue weighted by Gasteiger charge is 2.33. The summed E-state index contributed by atoms with van der Waals surface area (Å²) < 4.78 is 9.04. The highest BCUT2D eigenvalue weighted by Crippen LogP contribution is 2.16. The van der Waals surface area contributed by atoms with Crippen molar-refractivity contribution in [2.75, 3.05) is 14.2 Å². The van der Waals surface area contributed by atoms with Gasteiger partial charge in [-0.25, -0.2) is 0 Å². The minimum atomic E-state index is -1.15. The van der Waals surface area contributed by atoms with Gasteiger partial charge in [0, 0.05) is 0 Å². The molecule has 0 aromatic carbocycles. The summed E-state index contributed by atoms with van der Waals surface area (Å²) in [5.74, 6) is -1.34. The third kappa shape index (κ3) is 3.33. The normalized spacial score (nSPS) is 16.6. The zero-order chi connectivity index (χ0) is 11.4. The molecule has 14 heavy (non-hydrogen) atoms. The van der Waals surface area contributed by atoms with Crippen molar-refractivity contribution in [3.8, 4) is 0 Å². The number of hydrogen-bond acceptors (Lipinski definition) is 5. The molecule has 0 spiro atoms. The maximum absolute atomic E-state index is 11.2. The molecule has 0 amide bonds. The number of nitrogens with two attached hydrogens (primary N) is 1. The fraction of sp³-hybridized carbons (Fsp3) is 0.778. The highest BCUT2D eigenvalue weighted by molar-refractivity contribution is 5.81. The van der Waals surface area contributed by atoms with E-state index in [2.05, 4.69) is 9.47 Å². The number of ether oxygens (including phenoxy) is 2. The summed E-state index contributed by atoms with van der Waals surface area (Å²) in [4.78, 5) is 22.3. The molecule has 0 rings (SSSR count). The van der Waals surface area contributed by atoms with Gasteiger partial charge >= 0.3 is 11.9 Å². The van der Waals surface area contributed by atoms with E-state index in [1.165, 1.54) is 21.1 Å². The van der Waals surface area contributed by atoms with Gasteiger partial charge in [-0.3, -0.25) is 9.59 Å². The lowest BCUT2D eigenvalue weighted by molar-refractivity contribution is -0.150. The Morgan fingerprint density at radius 3 is 2.21 bits per heavy atom. The molecule has 0 aromatic heterocycles. The molecule has 5 nitrogen and oxygen atoms in total. The van der Waals surface area contributed by atoms with Crippen LogP contribution in [-0.4, -0.2) is 31.7 Å². The van der Waals surface area contributed by atoms with E-state index in [9.17, 15) is 9.59 Å². The summed E-state index contributed by atoms with van der Waals surface area (Å²) in [6.07, 6.45) is 0.201. The van der Waals surface area contributed by atoms with Gasteiger partial charge in [0.15, 0.2) is 0 Å². The van der Waals surface area contributed by atoms with Gasteiger partial charge in [-0.15, -0.1) is 0 Å². The fourth-order valence-electron chi connectivity index (χ4n) is 1.24. The average Bonchev–Trinajstić information content (AvgIpc) is 2.14. The number of hydrogen-bond donors (Lipinski definition) is 1. The van der Waals surface area contributed by atoms with Gasteiger partial charge in [-0.1, -0.05) is 6.92 Å². The smallest absolute Gasteiger partial charge is 0.325 e. The summed E-state index contributed by atoms with van der Waals surface area (Å²) >= 11 is 0. The Kier molecular flexibility index (Phi) is 4.56. The topological polar surface area (TPSA) is 78.6 Å². The number of carbonyl (C=O) groups excluding carboxylic acids is 2.